The zero-order valence-corrected chi connectivity index (χ0v) is 8.44. The van der Waals surface area contributed by atoms with Crippen molar-refractivity contribution in [3.05, 3.63) is 0 Å². The van der Waals surface area contributed by atoms with Gasteiger partial charge < -0.3 is 11.5 Å². The molecule has 4 N–H and O–H groups in total. The fourth-order valence-corrected chi connectivity index (χ4v) is 1.15. The molecule has 84 valence electrons. The summed E-state index contributed by atoms with van der Waals surface area (Å²) in [7, 11) is 0. The second-order valence-electron chi connectivity index (χ2n) is 3.20. The summed E-state index contributed by atoms with van der Waals surface area (Å²) in [6, 6.07) is -0.795. The molecule has 0 aromatic heterocycles. The van der Waals surface area contributed by atoms with Gasteiger partial charge >= 0.3 is 0 Å². The number of carbonyl (C=O) groups excluding carboxylic acids is 3. The van der Waals surface area contributed by atoms with Gasteiger partial charge in [-0.3, -0.25) is 9.59 Å². The van der Waals surface area contributed by atoms with Crippen LogP contribution in [0.2, 0.25) is 0 Å². The maximum Gasteiger partial charge on any atom is 0.243 e. The number of unbranched alkanes of at least 4 members (excludes halogenated alkanes) is 2. The number of nitrogens with zero attached hydrogens (tertiary/aromatic N) is 1. The van der Waals surface area contributed by atoms with E-state index < -0.39 is 11.9 Å². The number of isocyanates is 1. The molecule has 0 fully saturated rings. The van der Waals surface area contributed by atoms with Crippen molar-refractivity contribution in [1.82, 2.24) is 0 Å². The van der Waals surface area contributed by atoms with Crippen LogP contribution in [-0.2, 0) is 14.4 Å². The molecule has 0 saturated heterocycles. The van der Waals surface area contributed by atoms with Crippen LogP contribution in [0.4, 0.5) is 0 Å². The minimum Gasteiger partial charge on any atom is -0.370 e. The van der Waals surface area contributed by atoms with E-state index in [9.17, 15) is 14.4 Å². The molecule has 6 nitrogen and oxygen atoms in total. The Kier molecular flexibility index (Phi) is 6.84. The summed E-state index contributed by atoms with van der Waals surface area (Å²) in [5, 5.41) is 0. The predicted molar refractivity (Wildman–Crippen MR) is 53.4 cm³/mol. The van der Waals surface area contributed by atoms with Crippen LogP contribution in [0.25, 0.3) is 0 Å². The van der Waals surface area contributed by atoms with Crippen molar-refractivity contribution in [2.45, 2.75) is 38.1 Å². The topological polar surface area (TPSA) is 116 Å². The molecule has 0 rings (SSSR count). The molecular formula is C9H15N3O3. The van der Waals surface area contributed by atoms with Gasteiger partial charge in [0.1, 0.15) is 6.04 Å². The summed E-state index contributed by atoms with van der Waals surface area (Å²) in [6.07, 6.45) is 4.14. The van der Waals surface area contributed by atoms with Crippen LogP contribution in [0.15, 0.2) is 4.99 Å². The Morgan fingerprint density at radius 3 is 2.33 bits per heavy atom. The average molecular weight is 213 g/mol. The van der Waals surface area contributed by atoms with Crippen molar-refractivity contribution in [3.8, 4) is 0 Å². The first-order valence-corrected chi connectivity index (χ1v) is 4.72. The van der Waals surface area contributed by atoms with Crippen molar-refractivity contribution in [3.63, 3.8) is 0 Å². The first kappa shape index (κ1) is 13.3. The van der Waals surface area contributed by atoms with Crippen molar-refractivity contribution in [1.29, 1.82) is 0 Å². The van der Waals surface area contributed by atoms with Gasteiger partial charge in [-0.1, -0.05) is 12.8 Å². The molecule has 0 aliphatic rings. The van der Waals surface area contributed by atoms with E-state index in [4.69, 9.17) is 11.5 Å². The van der Waals surface area contributed by atoms with Crippen LogP contribution in [0, 0.1) is 0 Å². The van der Waals surface area contributed by atoms with Gasteiger partial charge in [-0.25, -0.2) is 4.79 Å². The van der Waals surface area contributed by atoms with E-state index in [2.05, 4.69) is 4.99 Å². The summed E-state index contributed by atoms with van der Waals surface area (Å²) < 4.78 is 0. The summed E-state index contributed by atoms with van der Waals surface area (Å²) in [6.45, 7) is 0. The molecule has 2 amide bonds. The Labute approximate surface area is 87.7 Å². The third kappa shape index (κ3) is 7.40. The van der Waals surface area contributed by atoms with Gasteiger partial charge in [0.05, 0.1) is 0 Å². The largest absolute Gasteiger partial charge is 0.370 e. The van der Waals surface area contributed by atoms with E-state index in [0.29, 0.717) is 25.7 Å². The van der Waals surface area contributed by atoms with Crippen LogP contribution in [0.3, 0.4) is 0 Å². The quantitative estimate of drug-likeness (QED) is 0.325. The maximum absolute atomic E-state index is 10.7. The highest BCUT2D eigenvalue weighted by Crippen LogP contribution is 2.07. The van der Waals surface area contributed by atoms with E-state index in [1.165, 1.54) is 6.08 Å². The number of rotatable bonds is 8. The Hall–Kier alpha value is -1.68. The number of hydrogen-bond acceptors (Lipinski definition) is 4. The highest BCUT2D eigenvalue weighted by Gasteiger charge is 2.12. The van der Waals surface area contributed by atoms with Crippen molar-refractivity contribution in [2.75, 3.05) is 0 Å². The molecule has 0 aliphatic heterocycles. The van der Waals surface area contributed by atoms with Crippen LogP contribution in [0.1, 0.15) is 32.1 Å². The highest BCUT2D eigenvalue weighted by atomic mass is 16.2. The smallest absolute Gasteiger partial charge is 0.243 e. The Morgan fingerprint density at radius 2 is 1.87 bits per heavy atom. The fraction of sp³-hybridized carbons (Fsp3) is 0.667. The lowest BCUT2D eigenvalue weighted by Gasteiger charge is -2.05. The molecular weight excluding hydrogens is 198 g/mol. The molecule has 1 atom stereocenters. The number of amides is 2. The van der Waals surface area contributed by atoms with Crippen molar-refractivity contribution < 1.29 is 14.4 Å². The normalized spacial score (nSPS) is 11.5. The second kappa shape index (κ2) is 7.70. The van der Waals surface area contributed by atoms with Crippen molar-refractivity contribution in [2.24, 2.45) is 16.5 Å². The van der Waals surface area contributed by atoms with Gasteiger partial charge in [-0.05, 0) is 12.8 Å². The van der Waals surface area contributed by atoms with Gasteiger partial charge in [-0.2, -0.15) is 4.99 Å². The first-order chi connectivity index (χ1) is 7.07. The third-order valence-electron chi connectivity index (χ3n) is 1.94. The van der Waals surface area contributed by atoms with Gasteiger partial charge in [-0.15, -0.1) is 0 Å². The zero-order valence-electron chi connectivity index (χ0n) is 8.44. The molecule has 1 unspecified atom stereocenters. The van der Waals surface area contributed by atoms with E-state index in [0.717, 1.165) is 6.42 Å². The summed E-state index contributed by atoms with van der Waals surface area (Å²) in [5.74, 6) is -0.972. The number of carbonyl (C=O) groups is 2. The molecule has 0 heterocycles. The zero-order chi connectivity index (χ0) is 11.7. The molecule has 0 radical (unpaired) electrons. The lowest BCUT2D eigenvalue weighted by Crippen LogP contribution is -2.26. The Bertz CT molecular complexity index is 270. The average Bonchev–Trinajstić information content (AvgIpc) is 2.15. The van der Waals surface area contributed by atoms with Crippen molar-refractivity contribution >= 4 is 17.9 Å². The summed E-state index contributed by atoms with van der Waals surface area (Å²) in [4.78, 5) is 34.3. The molecule has 6 heteroatoms. The molecule has 0 bridgehead atoms. The monoisotopic (exact) mass is 213 g/mol. The van der Waals surface area contributed by atoms with Crippen LogP contribution in [-0.4, -0.2) is 23.9 Å². The van der Waals surface area contributed by atoms with Gasteiger partial charge in [0, 0.05) is 6.42 Å². The number of primary amides is 2. The number of nitrogens with two attached hydrogens (primary N) is 2. The SMILES string of the molecule is NC(=O)CCCCCC(N=C=O)C(N)=O. The minimum absolute atomic E-state index is 0.332. The predicted octanol–water partition coefficient (Wildman–Crippen LogP) is -0.388. The molecule has 15 heavy (non-hydrogen) atoms. The van der Waals surface area contributed by atoms with Crippen LogP contribution >= 0.6 is 0 Å². The molecule has 0 aromatic carbocycles. The minimum atomic E-state index is -0.795. The van der Waals surface area contributed by atoms with Crippen LogP contribution in [0.5, 0.6) is 0 Å². The second-order valence-corrected chi connectivity index (χ2v) is 3.20. The fourth-order valence-electron chi connectivity index (χ4n) is 1.15. The van der Waals surface area contributed by atoms with Gasteiger partial charge in [0.25, 0.3) is 0 Å². The van der Waals surface area contributed by atoms with E-state index in [1.54, 1.807) is 0 Å². The molecule has 0 aromatic rings. The lowest BCUT2D eigenvalue weighted by molar-refractivity contribution is -0.119. The first-order valence-electron chi connectivity index (χ1n) is 4.72. The number of aliphatic imine (C=N–C) groups is 1. The third-order valence-corrected chi connectivity index (χ3v) is 1.94. The van der Waals surface area contributed by atoms with Gasteiger partial charge in [0.2, 0.25) is 17.9 Å². The van der Waals surface area contributed by atoms with E-state index in [1.807, 2.05) is 0 Å². The highest BCUT2D eigenvalue weighted by molar-refractivity contribution is 5.80. The van der Waals surface area contributed by atoms with Crippen LogP contribution < -0.4 is 11.5 Å². The maximum atomic E-state index is 10.7. The molecule has 0 saturated carbocycles. The molecule has 0 spiro atoms. The number of hydrogen-bond donors (Lipinski definition) is 2. The summed E-state index contributed by atoms with van der Waals surface area (Å²) >= 11 is 0. The Morgan fingerprint density at radius 1 is 1.20 bits per heavy atom. The standard InChI is InChI=1S/C9H15N3O3/c10-8(14)5-3-1-2-4-7(9(11)15)12-6-13/h7H,1-5H2,(H2,10,14)(H2,11,15). The Balaban J connectivity index is 3.67. The van der Waals surface area contributed by atoms with E-state index in [-0.39, 0.29) is 5.91 Å². The lowest BCUT2D eigenvalue weighted by atomic mass is 10.1. The summed E-state index contributed by atoms with van der Waals surface area (Å²) in [5.41, 5.74) is 9.95. The van der Waals surface area contributed by atoms with Gasteiger partial charge in [0.15, 0.2) is 0 Å². The van der Waals surface area contributed by atoms with E-state index >= 15 is 0 Å². The molecule has 0 aliphatic carbocycles.